The van der Waals surface area contributed by atoms with Crippen molar-refractivity contribution in [3.63, 3.8) is 0 Å². The first-order chi connectivity index (χ1) is 10.1. The Kier molecular flexibility index (Phi) is 5.35. The fourth-order valence-electron chi connectivity index (χ4n) is 2.29. The summed E-state index contributed by atoms with van der Waals surface area (Å²) in [5.74, 6) is 0.910. The maximum absolute atomic E-state index is 8.94. The molecule has 4 heteroatoms. The molecule has 0 fully saturated rings. The molecule has 0 N–H and O–H groups in total. The third-order valence-corrected chi connectivity index (χ3v) is 4.51. The van der Waals surface area contributed by atoms with Gasteiger partial charge in [-0.2, -0.15) is 5.26 Å². The van der Waals surface area contributed by atoms with Gasteiger partial charge in [0.05, 0.1) is 23.2 Å². The van der Waals surface area contributed by atoms with Crippen LogP contribution in [0.3, 0.4) is 0 Å². The lowest BCUT2D eigenvalue weighted by atomic mass is 10.1. The molecule has 1 aromatic carbocycles. The van der Waals surface area contributed by atoms with Crippen molar-refractivity contribution >= 4 is 11.3 Å². The van der Waals surface area contributed by atoms with Crippen LogP contribution in [0, 0.1) is 25.2 Å². The van der Waals surface area contributed by atoms with Crippen LogP contribution in [0.15, 0.2) is 18.3 Å². The van der Waals surface area contributed by atoms with Gasteiger partial charge >= 0.3 is 0 Å². The minimum atomic E-state index is 0.687. The predicted molar refractivity (Wildman–Crippen MR) is 85.9 cm³/mol. The van der Waals surface area contributed by atoms with Crippen molar-refractivity contribution in [2.45, 2.75) is 40.0 Å². The zero-order valence-electron chi connectivity index (χ0n) is 12.8. The van der Waals surface area contributed by atoms with Crippen LogP contribution < -0.4 is 4.74 Å². The number of rotatable bonds is 6. The van der Waals surface area contributed by atoms with E-state index < -0.39 is 0 Å². The Labute approximate surface area is 130 Å². The highest BCUT2D eigenvalue weighted by molar-refractivity contribution is 7.11. The minimum Gasteiger partial charge on any atom is -0.493 e. The second kappa shape index (κ2) is 7.24. The highest BCUT2D eigenvalue weighted by Gasteiger charge is 2.07. The molecule has 3 nitrogen and oxygen atoms in total. The average molecular weight is 300 g/mol. The molecule has 1 heterocycles. The lowest BCUT2D eigenvalue weighted by Crippen LogP contribution is -2.02. The highest BCUT2D eigenvalue weighted by atomic mass is 32.1. The molecule has 0 amide bonds. The lowest BCUT2D eigenvalue weighted by molar-refractivity contribution is 0.307. The Morgan fingerprint density at radius 3 is 2.57 bits per heavy atom. The molecule has 0 spiro atoms. The predicted octanol–water partition coefficient (Wildman–Crippen LogP) is 4.21. The number of nitrogens with zero attached hydrogens (tertiary/aromatic N) is 2. The first kappa shape index (κ1) is 15.5. The maximum Gasteiger partial charge on any atom is 0.125 e. The molecule has 2 aromatic rings. The van der Waals surface area contributed by atoms with Crippen LogP contribution in [0.2, 0.25) is 0 Å². The number of hydrogen-bond donors (Lipinski definition) is 0. The number of aromatic nitrogens is 1. The van der Waals surface area contributed by atoms with Gasteiger partial charge in [0.1, 0.15) is 5.75 Å². The average Bonchev–Trinajstić information content (AvgIpc) is 2.93. The molecule has 2 rings (SSSR count). The SMILES string of the molecule is CCc1ncc(CCCOc2c(C)cc(C#N)cc2C)s1. The topological polar surface area (TPSA) is 45.9 Å². The van der Waals surface area contributed by atoms with E-state index in [1.54, 1.807) is 11.3 Å². The Bertz CT molecular complexity index is 632. The largest absolute Gasteiger partial charge is 0.493 e. The molecule has 0 saturated carbocycles. The van der Waals surface area contributed by atoms with Gasteiger partial charge in [-0.1, -0.05) is 6.92 Å². The van der Waals surface area contributed by atoms with E-state index in [1.165, 1.54) is 9.88 Å². The van der Waals surface area contributed by atoms with Gasteiger partial charge in [-0.15, -0.1) is 11.3 Å². The zero-order chi connectivity index (χ0) is 15.2. The van der Waals surface area contributed by atoms with Crippen molar-refractivity contribution in [3.05, 3.63) is 44.9 Å². The third-order valence-electron chi connectivity index (χ3n) is 3.31. The van der Waals surface area contributed by atoms with Crippen LogP contribution in [0.25, 0.3) is 0 Å². The van der Waals surface area contributed by atoms with Gasteiger partial charge in [-0.05, 0) is 56.4 Å². The Balaban J connectivity index is 1.88. The summed E-state index contributed by atoms with van der Waals surface area (Å²) in [6.07, 6.45) is 4.96. The summed E-state index contributed by atoms with van der Waals surface area (Å²) in [6, 6.07) is 5.92. The summed E-state index contributed by atoms with van der Waals surface area (Å²) in [5.41, 5.74) is 2.74. The first-order valence-electron chi connectivity index (χ1n) is 7.21. The second-order valence-electron chi connectivity index (χ2n) is 5.08. The Hall–Kier alpha value is -1.86. The molecule has 0 bridgehead atoms. The molecule has 110 valence electrons. The van der Waals surface area contributed by atoms with Crippen molar-refractivity contribution in [1.82, 2.24) is 4.98 Å². The third kappa shape index (κ3) is 4.05. The van der Waals surface area contributed by atoms with E-state index in [2.05, 4.69) is 18.0 Å². The van der Waals surface area contributed by atoms with Gasteiger partial charge in [0, 0.05) is 11.1 Å². The van der Waals surface area contributed by atoms with E-state index in [1.807, 2.05) is 32.2 Å². The smallest absolute Gasteiger partial charge is 0.125 e. The molecule has 0 aliphatic heterocycles. The molecule has 0 radical (unpaired) electrons. The summed E-state index contributed by atoms with van der Waals surface area (Å²) in [5, 5.41) is 10.1. The summed E-state index contributed by atoms with van der Waals surface area (Å²) in [7, 11) is 0. The molecular formula is C17H20N2OS. The summed E-state index contributed by atoms with van der Waals surface area (Å²) < 4.78 is 5.90. The fraction of sp³-hybridized carbons (Fsp3) is 0.412. The lowest BCUT2D eigenvalue weighted by Gasteiger charge is -2.12. The number of ether oxygens (including phenoxy) is 1. The van der Waals surface area contributed by atoms with Gasteiger partial charge in [0.25, 0.3) is 0 Å². The summed E-state index contributed by atoms with van der Waals surface area (Å²) >= 11 is 1.79. The zero-order valence-corrected chi connectivity index (χ0v) is 13.6. The van der Waals surface area contributed by atoms with E-state index in [9.17, 15) is 0 Å². The first-order valence-corrected chi connectivity index (χ1v) is 8.03. The minimum absolute atomic E-state index is 0.687. The van der Waals surface area contributed by atoms with Crippen LogP contribution in [0.1, 0.15) is 39.9 Å². The summed E-state index contributed by atoms with van der Waals surface area (Å²) in [4.78, 5) is 5.69. The van der Waals surface area contributed by atoms with Crippen LogP contribution in [-0.2, 0) is 12.8 Å². The van der Waals surface area contributed by atoms with Crippen LogP contribution in [0.5, 0.6) is 5.75 Å². The Morgan fingerprint density at radius 2 is 2.00 bits per heavy atom. The molecule has 21 heavy (non-hydrogen) atoms. The van der Waals surface area contributed by atoms with Gasteiger partial charge < -0.3 is 4.74 Å². The van der Waals surface area contributed by atoms with Gasteiger partial charge in [0.15, 0.2) is 0 Å². The molecule has 0 aliphatic carbocycles. The standard InChI is InChI=1S/C17H20N2OS/c1-4-16-19-11-15(21-16)6-5-7-20-17-12(2)8-14(10-18)9-13(17)3/h8-9,11H,4-7H2,1-3H3. The summed E-state index contributed by atoms with van der Waals surface area (Å²) in [6.45, 7) is 6.79. The van der Waals surface area contributed by atoms with Crippen molar-refractivity contribution < 1.29 is 4.74 Å². The molecule has 0 aliphatic rings. The van der Waals surface area contributed by atoms with Crippen LogP contribution >= 0.6 is 11.3 Å². The number of aryl methyl sites for hydroxylation is 4. The number of benzene rings is 1. The molecular weight excluding hydrogens is 280 g/mol. The molecule has 0 saturated heterocycles. The van der Waals surface area contributed by atoms with Crippen LogP contribution in [-0.4, -0.2) is 11.6 Å². The van der Waals surface area contributed by atoms with E-state index in [-0.39, 0.29) is 0 Å². The maximum atomic E-state index is 8.94. The number of nitriles is 1. The van der Waals surface area contributed by atoms with Crippen molar-refractivity contribution in [2.75, 3.05) is 6.61 Å². The molecule has 0 unspecified atom stereocenters. The van der Waals surface area contributed by atoms with Gasteiger partial charge in [0.2, 0.25) is 0 Å². The number of hydrogen-bond acceptors (Lipinski definition) is 4. The van der Waals surface area contributed by atoms with Crippen molar-refractivity contribution in [3.8, 4) is 11.8 Å². The van der Waals surface area contributed by atoms with E-state index in [4.69, 9.17) is 10.00 Å². The quantitative estimate of drug-likeness (QED) is 0.751. The van der Waals surface area contributed by atoms with Crippen LogP contribution in [0.4, 0.5) is 0 Å². The molecule has 1 aromatic heterocycles. The normalized spacial score (nSPS) is 10.4. The van der Waals surface area contributed by atoms with E-state index in [0.717, 1.165) is 36.1 Å². The molecule has 0 atom stereocenters. The van der Waals surface area contributed by atoms with Gasteiger partial charge in [-0.3, -0.25) is 0 Å². The fourth-order valence-corrected chi connectivity index (χ4v) is 3.19. The highest BCUT2D eigenvalue weighted by Crippen LogP contribution is 2.25. The van der Waals surface area contributed by atoms with Gasteiger partial charge in [-0.25, -0.2) is 4.98 Å². The monoisotopic (exact) mass is 300 g/mol. The second-order valence-corrected chi connectivity index (χ2v) is 6.28. The van der Waals surface area contributed by atoms with Crippen molar-refractivity contribution in [1.29, 1.82) is 5.26 Å². The number of thiazole rings is 1. The van der Waals surface area contributed by atoms with E-state index in [0.29, 0.717) is 12.2 Å². The van der Waals surface area contributed by atoms with E-state index >= 15 is 0 Å². The van der Waals surface area contributed by atoms with Crippen molar-refractivity contribution in [2.24, 2.45) is 0 Å². The Morgan fingerprint density at radius 1 is 1.29 bits per heavy atom.